The summed E-state index contributed by atoms with van der Waals surface area (Å²) in [6.07, 6.45) is 0.0975. The Bertz CT molecular complexity index is 766. The van der Waals surface area contributed by atoms with Crippen molar-refractivity contribution in [2.75, 3.05) is 7.11 Å². The third kappa shape index (κ3) is 4.93. The number of benzene rings is 1. The number of fused-ring (bicyclic) bond motifs is 1. The van der Waals surface area contributed by atoms with E-state index in [1.807, 2.05) is 0 Å². The van der Waals surface area contributed by atoms with Gasteiger partial charge in [-0.1, -0.05) is 6.92 Å². The van der Waals surface area contributed by atoms with Crippen LogP contribution >= 0.6 is 0 Å². The lowest BCUT2D eigenvalue weighted by atomic mass is 9.94. The molecule has 0 bridgehead atoms. The Labute approximate surface area is 157 Å². The Morgan fingerprint density at radius 1 is 1.04 bits per heavy atom. The Balaban J connectivity index is 2.39. The van der Waals surface area contributed by atoms with Crippen molar-refractivity contribution < 1.29 is 33.8 Å². The van der Waals surface area contributed by atoms with Crippen LogP contribution in [0.25, 0.3) is 0 Å². The molecule has 0 aliphatic carbocycles. The monoisotopic (exact) mass is 376 g/mol. The lowest BCUT2D eigenvalue weighted by Crippen LogP contribution is -2.27. The van der Waals surface area contributed by atoms with Crippen LogP contribution in [-0.2, 0) is 25.5 Å². The number of carbonyl (C=O) groups excluding carboxylic acids is 4. The zero-order chi connectivity index (χ0) is 20.1. The number of Topliss-reactive ketones (excluding diaryl/α,β-unsaturated/α-hetero) is 3. The quantitative estimate of drug-likeness (QED) is 0.592. The van der Waals surface area contributed by atoms with Crippen LogP contribution < -0.4 is 4.74 Å². The number of ketones is 3. The molecule has 1 aliphatic rings. The number of methoxy groups -OCH3 is 1. The van der Waals surface area contributed by atoms with Gasteiger partial charge >= 0.3 is 5.97 Å². The number of phenolic OH excluding ortho intramolecular Hbond substituents is 1. The predicted molar refractivity (Wildman–Crippen MR) is 95.9 cm³/mol. The van der Waals surface area contributed by atoms with Crippen LogP contribution in [0.4, 0.5) is 0 Å². The molecule has 1 aromatic carbocycles. The summed E-state index contributed by atoms with van der Waals surface area (Å²) in [5.41, 5.74) is 0.488. The SMILES string of the molecule is COc1cc(O)c2c(c1)CCCC(=O)C(=O)C(=O)CC[C@H](C)C(C)OC2=O. The van der Waals surface area contributed by atoms with Crippen LogP contribution in [0.5, 0.6) is 11.5 Å². The average Bonchev–Trinajstić information content (AvgIpc) is 2.63. The van der Waals surface area contributed by atoms with Gasteiger partial charge < -0.3 is 14.6 Å². The summed E-state index contributed by atoms with van der Waals surface area (Å²) < 4.78 is 10.6. The molecule has 2 rings (SSSR count). The Hall–Kier alpha value is -2.70. The first-order valence-electron chi connectivity index (χ1n) is 8.95. The molecular formula is C20H24O7. The third-order valence-corrected chi connectivity index (χ3v) is 4.89. The second-order valence-corrected chi connectivity index (χ2v) is 6.84. The summed E-state index contributed by atoms with van der Waals surface area (Å²) in [5, 5.41) is 10.3. The van der Waals surface area contributed by atoms with Gasteiger partial charge in [0.25, 0.3) is 5.78 Å². The van der Waals surface area contributed by atoms with Gasteiger partial charge in [0.1, 0.15) is 23.2 Å². The number of esters is 1. The second-order valence-electron chi connectivity index (χ2n) is 6.84. The van der Waals surface area contributed by atoms with Crippen LogP contribution in [0.1, 0.15) is 55.5 Å². The highest BCUT2D eigenvalue weighted by Crippen LogP contribution is 2.31. The summed E-state index contributed by atoms with van der Waals surface area (Å²) in [4.78, 5) is 48.4. The van der Waals surface area contributed by atoms with Crippen LogP contribution in [0, 0.1) is 5.92 Å². The van der Waals surface area contributed by atoms with E-state index >= 15 is 0 Å². The van der Waals surface area contributed by atoms with Gasteiger partial charge in [-0.25, -0.2) is 4.79 Å². The zero-order valence-corrected chi connectivity index (χ0v) is 15.7. The summed E-state index contributed by atoms with van der Waals surface area (Å²) in [7, 11) is 1.43. The van der Waals surface area contributed by atoms with Gasteiger partial charge in [0, 0.05) is 18.9 Å². The molecule has 1 aliphatic heterocycles. The van der Waals surface area contributed by atoms with E-state index in [0.29, 0.717) is 17.7 Å². The summed E-state index contributed by atoms with van der Waals surface area (Å²) >= 11 is 0. The lowest BCUT2D eigenvalue weighted by molar-refractivity contribution is -0.144. The van der Waals surface area contributed by atoms with Crippen molar-refractivity contribution in [2.24, 2.45) is 5.92 Å². The van der Waals surface area contributed by atoms with Gasteiger partial charge in [0.2, 0.25) is 11.6 Å². The summed E-state index contributed by atoms with van der Waals surface area (Å²) in [6, 6.07) is 2.92. The molecule has 0 amide bonds. The van der Waals surface area contributed by atoms with Gasteiger partial charge in [-0.3, -0.25) is 14.4 Å². The van der Waals surface area contributed by atoms with Crippen molar-refractivity contribution in [3.05, 3.63) is 23.3 Å². The Morgan fingerprint density at radius 3 is 2.37 bits per heavy atom. The van der Waals surface area contributed by atoms with E-state index in [4.69, 9.17) is 9.47 Å². The topological polar surface area (TPSA) is 107 Å². The van der Waals surface area contributed by atoms with Gasteiger partial charge in [-0.2, -0.15) is 0 Å². The van der Waals surface area contributed by atoms with Crippen LogP contribution in [0.15, 0.2) is 12.1 Å². The number of hydrogen-bond acceptors (Lipinski definition) is 7. The third-order valence-electron chi connectivity index (χ3n) is 4.89. The minimum atomic E-state index is -0.974. The Morgan fingerprint density at radius 2 is 1.70 bits per heavy atom. The van der Waals surface area contributed by atoms with E-state index in [2.05, 4.69) is 0 Å². The number of ether oxygens (including phenoxy) is 2. The predicted octanol–water partition coefficient (Wildman–Crippen LogP) is 2.41. The number of cyclic esters (lactones) is 1. The molecule has 0 saturated heterocycles. The highest BCUT2D eigenvalue weighted by molar-refractivity contribution is 6.63. The fraction of sp³-hybridized carbons (Fsp3) is 0.500. The van der Waals surface area contributed by atoms with Gasteiger partial charge in [0.05, 0.1) is 7.11 Å². The molecular weight excluding hydrogens is 352 g/mol. The Kier molecular flexibility index (Phi) is 6.71. The second kappa shape index (κ2) is 8.79. The van der Waals surface area contributed by atoms with Crippen molar-refractivity contribution in [1.82, 2.24) is 0 Å². The van der Waals surface area contributed by atoms with E-state index in [-0.39, 0.29) is 42.9 Å². The molecule has 0 fully saturated rings. The molecule has 0 aromatic heterocycles. The van der Waals surface area contributed by atoms with Gasteiger partial charge in [-0.05, 0) is 43.7 Å². The minimum Gasteiger partial charge on any atom is -0.507 e. The number of aromatic hydroxyl groups is 1. The first-order valence-corrected chi connectivity index (χ1v) is 8.95. The lowest BCUT2D eigenvalue weighted by Gasteiger charge is -2.22. The molecule has 1 N–H and O–H groups in total. The van der Waals surface area contributed by atoms with Gasteiger partial charge in [0.15, 0.2) is 0 Å². The fourth-order valence-electron chi connectivity index (χ4n) is 2.97. The molecule has 146 valence electrons. The maximum Gasteiger partial charge on any atom is 0.342 e. The molecule has 0 saturated carbocycles. The van der Waals surface area contributed by atoms with Crippen molar-refractivity contribution >= 4 is 23.3 Å². The molecule has 0 spiro atoms. The number of hydrogen-bond donors (Lipinski definition) is 1. The molecule has 1 heterocycles. The van der Waals surface area contributed by atoms with E-state index in [1.54, 1.807) is 19.9 Å². The minimum absolute atomic E-state index is 0.0294. The van der Waals surface area contributed by atoms with E-state index in [1.165, 1.54) is 13.2 Å². The van der Waals surface area contributed by atoms with Crippen LogP contribution in [0.2, 0.25) is 0 Å². The maximum absolute atomic E-state index is 12.6. The highest BCUT2D eigenvalue weighted by atomic mass is 16.5. The van der Waals surface area contributed by atoms with E-state index in [0.717, 1.165) is 0 Å². The molecule has 7 nitrogen and oxygen atoms in total. The molecule has 7 heteroatoms. The van der Waals surface area contributed by atoms with Crippen molar-refractivity contribution in [3.8, 4) is 11.5 Å². The molecule has 2 atom stereocenters. The highest BCUT2D eigenvalue weighted by Gasteiger charge is 2.27. The standard InChI is InChI=1S/C20H24O7/c1-11-7-8-16(22)19(24)15(21)6-4-5-13-9-14(26-3)10-17(23)18(13)20(25)27-12(11)2/h9-12,23H,4-8H2,1-3H3/t11-,12?/m0/s1. The van der Waals surface area contributed by atoms with Crippen LogP contribution in [0.3, 0.4) is 0 Å². The van der Waals surface area contributed by atoms with E-state index < -0.39 is 29.4 Å². The van der Waals surface area contributed by atoms with Crippen LogP contribution in [-0.4, -0.2) is 41.6 Å². The summed E-state index contributed by atoms with van der Waals surface area (Å²) in [5.74, 6) is -3.19. The fourth-order valence-corrected chi connectivity index (χ4v) is 2.97. The first-order chi connectivity index (χ1) is 12.7. The molecule has 1 aromatic rings. The van der Waals surface area contributed by atoms with Gasteiger partial charge in [-0.15, -0.1) is 0 Å². The normalized spacial score (nSPS) is 22.6. The average molecular weight is 376 g/mol. The smallest absolute Gasteiger partial charge is 0.342 e. The number of aryl methyl sites for hydroxylation is 1. The van der Waals surface area contributed by atoms with Crippen molar-refractivity contribution in [1.29, 1.82) is 0 Å². The van der Waals surface area contributed by atoms with Crippen molar-refractivity contribution in [3.63, 3.8) is 0 Å². The van der Waals surface area contributed by atoms with E-state index in [9.17, 15) is 24.3 Å². The number of phenols is 1. The first kappa shape index (κ1) is 20.6. The number of carbonyl (C=O) groups is 4. The zero-order valence-electron chi connectivity index (χ0n) is 15.7. The molecule has 1 unspecified atom stereocenters. The van der Waals surface area contributed by atoms with Crippen molar-refractivity contribution in [2.45, 2.75) is 52.1 Å². The number of rotatable bonds is 1. The molecule has 0 radical (unpaired) electrons. The maximum atomic E-state index is 12.6. The molecule has 27 heavy (non-hydrogen) atoms. The summed E-state index contributed by atoms with van der Waals surface area (Å²) in [6.45, 7) is 3.48. The largest absolute Gasteiger partial charge is 0.507 e.